The smallest absolute Gasteiger partial charge is 0.246 e. The highest BCUT2D eigenvalue weighted by Crippen LogP contribution is 2.25. The van der Waals surface area contributed by atoms with Crippen LogP contribution in [0.3, 0.4) is 0 Å². The van der Waals surface area contributed by atoms with Crippen molar-refractivity contribution in [3.63, 3.8) is 0 Å². The number of hydrogen-bond acceptors (Lipinski definition) is 2. The molecule has 0 aromatic heterocycles. The molecular formula is C27H28N2O2. The van der Waals surface area contributed by atoms with Crippen molar-refractivity contribution in [3.8, 4) is 0 Å². The minimum absolute atomic E-state index is 0.00633. The highest BCUT2D eigenvalue weighted by Gasteiger charge is 2.27. The molecule has 1 aliphatic heterocycles. The van der Waals surface area contributed by atoms with E-state index in [1.807, 2.05) is 66.4 Å². The van der Waals surface area contributed by atoms with Gasteiger partial charge in [0.2, 0.25) is 11.8 Å². The molecule has 1 atom stereocenters. The van der Waals surface area contributed by atoms with Gasteiger partial charge in [-0.25, -0.2) is 0 Å². The third-order valence-electron chi connectivity index (χ3n) is 6.04. The molecule has 158 valence electrons. The second-order valence-electron chi connectivity index (χ2n) is 8.14. The van der Waals surface area contributed by atoms with Gasteiger partial charge in [0.1, 0.15) is 0 Å². The third kappa shape index (κ3) is 5.02. The highest BCUT2D eigenvalue weighted by molar-refractivity contribution is 5.92. The fourth-order valence-electron chi connectivity index (χ4n) is 4.24. The maximum atomic E-state index is 12.9. The van der Waals surface area contributed by atoms with Gasteiger partial charge in [-0.2, -0.15) is 0 Å². The zero-order valence-electron chi connectivity index (χ0n) is 17.8. The Morgan fingerprint density at radius 1 is 0.935 bits per heavy atom. The molecule has 0 bridgehead atoms. The lowest BCUT2D eigenvalue weighted by Crippen LogP contribution is -2.43. The summed E-state index contributed by atoms with van der Waals surface area (Å²) in [6, 6.07) is 24.2. The summed E-state index contributed by atoms with van der Waals surface area (Å²) in [5, 5.41) is 5.54. The largest absolute Gasteiger partial charge is 0.349 e. The van der Waals surface area contributed by atoms with Crippen LogP contribution in [0.4, 0.5) is 0 Å². The first-order valence-electron chi connectivity index (χ1n) is 10.9. The van der Waals surface area contributed by atoms with Gasteiger partial charge in [-0.05, 0) is 47.7 Å². The predicted octanol–water partition coefficient (Wildman–Crippen LogP) is 4.97. The Balaban J connectivity index is 1.32. The van der Waals surface area contributed by atoms with Crippen LogP contribution in [0.1, 0.15) is 36.9 Å². The highest BCUT2D eigenvalue weighted by atomic mass is 16.2. The van der Waals surface area contributed by atoms with E-state index in [9.17, 15) is 9.59 Å². The molecule has 0 spiro atoms. The standard InChI is InChI=1S/C27H28N2O2/c1-20(24-13-7-11-22-10-5-6-12-25(22)24)28-27(31)23-16-18-29(19-17-23)26(30)15-14-21-8-3-2-4-9-21/h2-15,20,23H,16-19H2,1H3,(H,28,31)/b15-14+. The van der Waals surface area contributed by atoms with Crippen molar-refractivity contribution in [2.75, 3.05) is 13.1 Å². The van der Waals surface area contributed by atoms with Crippen LogP contribution in [-0.2, 0) is 9.59 Å². The summed E-state index contributed by atoms with van der Waals surface area (Å²) in [4.78, 5) is 27.2. The number of nitrogens with zero attached hydrogens (tertiary/aromatic N) is 1. The average molecular weight is 413 g/mol. The van der Waals surface area contributed by atoms with E-state index < -0.39 is 0 Å². The van der Waals surface area contributed by atoms with Crippen LogP contribution in [0.2, 0.25) is 0 Å². The van der Waals surface area contributed by atoms with E-state index in [2.05, 4.69) is 29.6 Å². The van der Waals surface area contributed by atoms with Crippen molar-refractivity contribution >= 4 is 28.7 Å². The van der Waals surface area contributed by atoms with Gasteiger partial charge in [-0.15, -0.1) is 0 Å². The number of carbonyl (C=O) groups excluding carboxylic acids is 2. The number of nitrogens with one attached hydrogen (secondary N) is 1. The van der Waals surface area contributed by atoms with Crippen LogP contribution in [0.15, 0.2) is 78.9 Å². The summed E-state index contributed by atoms with van der Waals surface area (Å²) in [6.45, 7) is 3.25. The Morgan fingerprint density at radius 2 is 1.61 bits per heavy atom. The average Bonchev–Trinajstić information content (AvgIpc) is 2.82. The molecule has 0 saturated carbocycles. The topological polar surface area (TPSA) is 49.4 Å². The first kappa shape index (κ1) is 20.9. The normalized spacial score (nSPS) is 15.8. The minimum Gasteiger partial charge on any atom is -0.349 e. The summed E-state index contributed by atoms with van der Waals surface area (Å²) in [7, 11) is 0. The molecule has 0 radical (unpaired) electrons. The molecule has 1 N–H and O–H groups in total. The maximum Gasteiger partial charge on any atom is 0.246 e. The summed E-state index contributed by atoms with van der Waals surface area (Å²) in [5.74, 6) is 0.0266. The molecule has 2 amide bonds. The van der Waals surface area contributed by atoms with Gasteiger partial charge in [-0.3, -0.25) is 9.59 Å². The van der Waals surface area contributed by atoms with E-state index in [0.29, 0.717) is 25.9 Å². The lowest BCUT2D eigenvalue weighted by Gasteiger charge is -2.31. The molecule has 31 heavy (non-hydrogen) atoms. The Hall–Kier alpha value is -3.40. The number of rotatable bonds is 5. The lowest BCUT2D eigenvalue weighted by molar-refractivity contribution is -0.132. The van der Waals surface area contributed by atoms with Crippen LogP contribution < -0.4 is 5.32 Å². The van der Waals surface area contributed by atoms with Gasteiger partial charge in [0.25, 0.3) is 0 Å². The number of amides is 2. The fourth-order valence-corrected chi connectivity index (χ4v) is 4.24. The zero-order chi connectivity index (χ0) is 21.6. The van der Waals surface area contributed by atoms with Crippen molar-refractivity contribution in [2.24, 2.45) is 5.92 Å². The quantitative estimate of drug-likeness (QED) is 0.602. The first-order valence-corrected chi connectivity index (χ1v) is 10.9. The second kappa shape index (κ2) is 9.61. The van der Waals surface area contributed by atoms with Gasteiger partial charge in [0.05, 0.1) is 6.04 Å². The van der Waals surface area contributed by atoms with Crippen LogP contribution in [0.25, 0.3) is 16.8 Å². The lowest BCUT2D eigenvalue weighted by atomic mass is 9.94. The van der Waals surface area contributed by atoms with Crippen LogP contribution in [0, 0.1) is 5.92 Å². The van der Waals surface area contributed by atoms with Gasteiger partial charge in [-0.1, -0.05) is 72.8 Å². The Bertz CT molecular complexity index is 1080. The molecule has 1 unspecified atom stereocenters. The van der Waals surface area contributed by atoms with Crippen LogP contribution >= 0.6 is 0 Å². The molecule has 4 rings (SSSR count). The van der Waals surface area contributed by atoms with Crippen LogP contribution in [0.5, 0.6) is 0 Å². The van der Waals surface area contributed by atoms with E-state index in [-0.39, 0.29) is 23.8 Å². The number of carbonyl (C=O) groups is 2. The van der Waals surface area contributed by atoms with E-state index in [1.54, 1.807) is 6.08 Å². The zero-order valence-corrected chi connectivity index (χ0v) is 17.8. The molecular weight excluding hydrogens is 384 g/mol. The van der Waals surface area contributed by atoms with Crippen molar-refractivity contribution < 1.29 is 9.59 Å². The van der Waals surface area contributed by atoms with Gasteiger partial charge < -0.3 is 10.2 Å². The monoisotopic (exact) mass is 412 g/mol. The Labute approximate surface area is 183 Å². The summed E-state index contributed by atoms with van der Waals surface area (Å²) in [5.41, 5.74) is 2.14. The minimum atomic E-state index is -0.0629. The summed E-state index contributed by atoms with van der Waals surface area (Å²) < 4.78 is 0. The maximum absolute atomic E-state index is 12.9. The van der Waals surface area contributed by atoms with Crippen LogP contribution in [-0.4, -0.2) is 29.8 Å². The molecule has 4 nitrogen and oxygen atoms in total. The van der Waals surface area contributed by atoms with E-state index in [0.717, 1.165) is 11.1 Å². The van der Waals surface area contributed by atoms with Gasteiger partial charge >= 0.3 is 0 Å². The number of piperidine rings is 1. The number of fused-ring (bicyclic) bond motifs is 1. The molecule has 3 aromatic carbocycles. The van der Waals surface area contributed by atoms with E-state index in [1.165, 1.54) is 10.8 Å². The molecule has 1 aliphatic rings. The van der Waals surface area contributed by atoms with Crippen molar-refractivity contribution in [1.29, 1.82) is 0 Å². The third-order valence-corrected chi connectivity index (χ3v) is 6.04. The molecule has 4 heteroatoms. The molecule has 1 saturated heterocycles. The number of hydrogen-bond donors (Lipinski definition) is 1. The Morgan fingerprint density at radius 3 is 2.39 bits per heavy atom. The fraction of sp³-hybridized carbons (Fsp3) is 0.259. The summed E-state index contributed by atoms with van der Waals surface area (Å²) >= 11 is 0. The van der Waals surface area contributed by atoms with Crippen molar-refractivity contribution in [1.82, 2.24) is 10.2 Å². The van der Waals surface area contributed by atoms with E-state index in [4.69, 9.17) is 0 Å². The van der Waals surface area contributed by atoms with E-state index >= 15 is 0 Å². The molecule has 0 aliphatic carbocycles. The van der Waals surface area contributed by atoms with Gasteiger partial charge in [0, 0.05) is 25.1 Å². The van der Waals surface area contributed by atoms with Gasteiger partial charge in [0.15, 0.2) is 0 Å². The SMILES string of the molecule is CC(NC(=O)C1CCN(C(=O)/C=C/c2ccccc2)CC1)c1cccc2ccccc12. The molecule has 1 fully saturated rings. The number of benzene rings is 3. The second-order valence-corrected chi connectivity index (χ2v) is 8.14. The molecule has 1 heterocycles. The Kier molecular flexibility index (Phi) is 6.46. The van der Waals surface area contributed by atoms with Crippen molar-refractivity contribution in [2.45, 2.75) is 25.8 Å². The number of likely N-dealkylation sites (tertiary alicyclic amines) is 1. The first-order chi connectivity index (χ1) is 15.1. The predicted molar refractivity (Wildman–Crippen MR) is 125 cm³/mol. The summed E-state index contributed by atoms with van der Waals surface area (Å²) in [6.07, 6.45) is 4.85. The molecule has 3 aromatic rings. The van der Waals surface area contributed by atoms with Crippen molar-refractivity contribution in [3.05, 3.63) is 90.0 Å².